The fourth-order valence-electron chi connectivity index (χ4n) is 7.27. The van der Waals surface area contributed by atoms with Crippen molar-refractivity contribution in [3.63, 3.8) is 0 Å². The molecule has 2 amide bonds. The van der Waals surface area contributed by atoms with E-state index >= 15 is 0 Å². The van der Waals surface area contributed by atoms with E-state index in [9.17, 15) is 24.6 Å². The highest BCUT2D eigenvalue weighted by atomic mass is 16.6. The number of carboxylic acids is 1. The van der Waals surface area contributed by atoms with Crippen molar-refractivity contribution in [2.75, 3.05) is 46.9 Å². The number of carbonyl (C=O) groups excluding carboxylic acids is 2. The quantitative estimate of drug-likeness (QED) is 0.117. The van der Waals surface area contributed by atoms with E-state index in [4.69, 9.17) is 18.9 Å². The summed E-state index contributed by atoms with van der Waals surface area (Å²) in [5.41, 5.74) is 0.824. The molecule has 0 aromatic carbocycles. The maximum atomic E-state index is 12.9. The van der Waals surface area contributed by atoms with E-state index in [2.05, 4.69) is 56.1 Å². The number of aliphatic hydroxyl groups is 1. The number of hydrogen-bond acceptors (Lipinski definition) is 9. The molecule has 3 rings (SSSR count). The summed E-state index contributed by atoms with van der Waals surface area (Å²) in [7, 11) is 3.63. The highest BCUT2D eigenvalue weighted by Gasteiger charge is 2.56. The Bertz CT molecular complexity index is 1120. The van der Waals surface area contributed by atoms with Crippen LogP contribution in [-0.2, 0) is 28.5 Å². The smallest absolute Gasteiger partial charge is 0.409 e. The van der Waals surface area contributed by atoms with Gasteiger partial charge in [-0.1, -0.05) is 39.0 Å². The summed E-state index contributed by atoms with van der Waals surface area (Å²) in [6.07, 6.45) is 7.73. The summed E-state index contributed by atoms with van der Waals surface area (Å²) in [5, 5.41) is 22.4. The standard InChI is InChI=1S/C36H61N3O9/c1-23(22-36(6)33(48-36)26(4)32(45-8)27(5)40)11-9-12-24(2)31-25(3)14-15-28(47-31)21-30(41)37-29(34(42)43)13-10-20-46-35(44)39-18-16-38(7)17-19-39/h9,11-12,23,25-29,31-33,40H,10,13-22H2,1-8H3,(H,37,41)(H,42,43)/b11-9+,24-12+/t23-,25+,26-,27-,28-,29+,31-,32-,33-,36-/m1/s1. The van der Waals surface area contributed by atoms with Crippen molar-refractivity contribution in [1.29, 1.82) is 0 Å². The van der Waals surface area contributed by atoms with Gasteiger partial charge in [-0.25, -0.2) is 9.59 Å². The zero-order chi connectivity index (χ0) is 35.6. The second-order valence-corrected chi connectivity index (χ2v) is 14.6. The van der Waals surface area contributed by atoms with Crippen LogP contribution in [0.15, 0.2) is 23.8 Å². The van der Waals surface area contributed by atoms with Crippen LogP contribution in [0.3, 0.4) is 0 Å². The first-order chi connectivity index (χ1) is 22.6. The van der Waals surface area contributed by atoms with E-state index in [0.29, 0.717) is 19.5 Å². The number of hydrogen-bond donors (Lipinski definition) is 3. The lowest BCUT2D eigenvalue weighted by atomic mass is 9.85. The minimum Gasteiger partial charge on any atom is -0.480 e. The minimum absolute atomic E-state index is 0.0403. The molecule has 3 heterocycles. The van der Waals surface area contributed by atoms with Gasteiger partial charge in [0.05, 0.1) is 49.1 Å². The van der Waals surface area contributed by atoms with Crippen LogP contribution in [0.1, 0.15) is 80.1 Å². The first kappa shape index (κ1) is 39.9. The lowest BCUT2D eigenvalue weighted by molar-refractivity contribution is -0.143. The van der Waals surface area contributed by atoms with Crippen LogP contribution in [0.4, 0.5) is 4.79 Å². The van der Waals surface area contributed by atoms with Gasteiger partial charge < -0.3 is 44.3 Å². The summed E-state index contributed by atoms with van der Waals surface area (Å²) >= 11 is 0. The normalized spacial score (nSPS) is 29.9. The second kappa shape index (κ2) is 18.5. The molecular weight excluding hydrogens is 618 g/mol. The van der Waals surface area contributed by atoms with Crippen LogP contribution >= 0.6 is 0 Å². The van der Waals surface area contributed by atoms with Gasteiger partial charge >= 0.3 is 12.1 Å². The van der Waals surface area contributed by atoms with E-state index in [0.717, 1.165) is 37.9 Å². The molecule has 48 heavy (non-hydrogen) atoms. The lowest BCUT2D eigenvalue weighted by Crippen LogP contribution is -2.47. The molecule has 0 aromatic rings. The largest absolute Gasteiger partial charge is 0.480 e. The summed E-state index contributed by atoms with van der Waals surface area (Å²) in [5.74, 6) is -0.835. The highest BCUT2D eigenvalue weighted by molar-refractivity contribution is 5.83. The van der Waals surface area contributed by atoms with Gasteiger partial charge in [-0.3, -0.25) is 4.79 Å². The number of amides is 2. The molecule has 12 nitrogen and oxygen atoms in total. The average molecular weight is 680 g/mol. The van der Waals surface area contributed by atoms with E-state index < -0.39 is 18.1 Å². The number of ether oxygens (including phenoxy) is 4. The van der Waals surface area contributed by atoms with E-state index in [1.165, 1.54) is 0 Å². The molecule has 0 radical (unpaired) electrons. The SMILES string of the molecule is CO[C@H]([C@@H](C)[C@H]1O[C@]1(C)C[C@H](C)/C=C/C=C(\C)[C@H]1O[C@@H](CC(=O)N[C@@H](CCCOC(=O)N2CCN(C)CC2)C(=O)O)CC[C@@H]1C)[C@@H](C)O. The van der Waals surface area contributed by atoms with Crippen molar-refractivity contribution in [2.24, 2.45) is 17.8 Å². The second-order valence-electron chi connectivity index (χ2n) is 14.6. The maximum absolute atomic E-state index is 12.9. The summed E-state index contributed by atoms with van der Waals surface area (Å²) in [4.78, 5) is 40.8. The van der Waals surface area contributed by atoms with Crippen LogP contribution in [0.2, 0.25) is 0 Å². The van der Waals surface area contributed by atoms with Crippen molar-refractivity contribution in [1.82, 2.24) is 15.1 Å². The number of aliphatic carboxylic acids is 1. The number of likely N-dealkylation sites (N-methyl/N-ethyl adjacent to an activating group) is 1. The van der Waals surface area contributed by atoms with Crippen LogP contribution in [0.5, 0.6) is 0 Å². The number of allylic oxidation sites excluding steroid dienone is 3. The Labute approximate surface area is 287 Å². The first-order valence-corrected chi connectivity index (χ1v) is 17.7. The molecule has 3 aliphatic heterocycles. The number of piperazine rings is 1. The van der Waals surface area contributed by atoms with Gasteiger partial charge in [0, 0.05) is 39.2 Å². The van der Waals surface area contributed by atoms with Crippen LogP contribution < -0.4 is 5.32 Å². The third kappa shape index (κ3) is 11.8. The Kier molecular flexibility index (Phi) is 15.4. The van der Waals surface area contributed by atoms with E-state index in [1.807, 2.05) is 14.0 Å². The van der Waals surface area contributed by atoms with Crippen LogP contribution in [-0.4, -0.2) is 127 Å². The van der Waals surface area contributed by atoms with Gasteiger partial charge in [-0.2, -0.15) is 0 Å². The predicted octanol–water partition coefficient (Wildman–Crippen LogP) is 4.01. The molecule has 0 saturated carbocycles. The number of nitrogens with one attached hydrogen (secondary N) is 1. The molecule has 0 unspecified atom stereocenters. The molecule has 0 bridgehead atoms. The Morgan fingerprint density at radius 2 is 1.81 bits per heavy atom. The van der Waals surface area contributed by atoms with Gasteiger partial charge in [0.1, 0.15) is 6.04 Å². The fraction of sp³-hybridized carbons (Fsp3) is 0.806. The van der Waals surface area contributed by atoms with Crippen molar-refractivity contribution >= 4 is 18.0 Å². The molecule has 0 spiro atoms. The lowest BCUT2D eigenvalue weighted by Gasteiger charge is -2.35. The average Bonchev–Trinajstić information content (AvgIpc) is 3.69. The summed E-state index contributed by atoms with van der Waals surface area (Å²) < 4.78 is 23.3. The molecule has 12 heteroatoms. The molecule has 3 aliphatic rings. The van der Waals surface area contributed by atoms with Crippen molar-refractivity contribution in [3.8, 4) is 0 Å². The third-order valence-electron chi connectivity index (χ3n) is 10.1. The van der Waals surface area contributed by atoms with Gasteiger partial charge in [0.15, 0.2) is 0 Å². The number of carbonyl (C=O) groups is 3. The fourth-order valence-corrected chi connectivity index (χ4v) is 7.27. The number of aliphatic hydroxyl groups excluding tert-OH is 1. The van der Waals surface area contributed by atoms with Gasteiger partial charge in [-0.05, 0) is 77.3 Å². The maximum Gasteiger partial charge on any atom is 0.409 e. The number of nitrogens with zero attached hydrogens (tertiary/aromatic N) is 2. The molecule has 3 fully saturated rings. The molecule has 0 aromatic heterocycles. The van der Waals surface area contributed by atoms with Crippen molar-refractivity contribution in [2.45, 2.75) is 122 Å². The highest BCUT2D eigenvalue weighted by Crippen LogP contribution is 2.47. The minimum atomic E-state index is -1.11. The van der Waals surface area contributed by atoms with Crippen molar-refractivity contribution < 1.29 is 43.5 Å². The predicted molar refractivity (Wildman–Crippen MR) is 182 cm³/mol. The van der Waals surface area contributed by atoms with Gasteiger partial charge in [0.2, 0.25) is 5.91 Å². The Balaban J connectivity index is 1.42. The number of rotatable bonds is 17. The summed E-state index contributed by atoms with van der Waals surface area (Å²) in [6.45, 7) is 15.2. The molecule has 10 atom stereocenters. The molecule has 3 N–H and O–H groups in total. The van der Waals surface area contributed by atoms with Crippen molar-refractivity contribution in [3.05, 3.63) is 23.8 Å². The number of methoxy groups -OCH3 is 1. The monoisotopic (exact) mass is 679 g/mol. The van der Waals surface area contributed by atoms with E-state index in [1.54, 1.807) is 18.9 Å². The number of carboxylic acid groups (broad SMARTS) is 1. The molecule has 274 valence electrons. The molecule has 3 saturated heterocycles. The van der Waals surface area contributed by atoms with Gasteiger partial charge in [0.25, 0.3) is 0 Å². The van der Waals surface area contributed by atoms with Crippen LogP contribution in [0.25, 0.3) is 0 Å². The zero-order valence-corrected chi connectivity index (χ0v) is 30.4. The first-order valence-electron chi connectivity index (χ1n) is 17.7. The van der Waals surface area contributed by atoms with Crippen LogP contribution in [0, 0.1) is 17.8 Å². The van der Waals surface area contributed by atoms with Gasteiger partial charge in [-0.15, -0.1) is 0 Å². The Hall–Kier alpha value is -2.51. The number of epoxide rings is 1. The Morgan fingerprint density at radius 3 is 2.44 bits per heavy atom. The molecular formula is C36H61N3O9. The zero-order valence-electron chi connectivity index (χ0n) is 30.4. The van der Waals surface area contributed by atoms with E-state index in [-0.39, 0.29) is 79.2 Å². The molecule has 0 aliphatic carbocycles. The third-order valence-corrected chi connectivity index (χ3v) is 10.1. The Morgan fingerprint density at radius 1 is 1.12 bits per heavy atom. The summed E-state index contributed by atoms with van der Waals surface area (Å²) in [6, 6.07) is -1.06. The topological polar surface area (TPSA) is 150 Å².